The van der Waals surface area contributed by atoms with Crippen LogP contribution in [0.25, 0.3) is 5.57 Å². The van der Waals surface area contributed by atoms with Crippen LogP contribution in [0, 0.1) is 11.5 Å². The van der Waals surface area contributed by atoms with E-state index in [0.29, 0.717) is 12.6 Å². The highest BCUT2D eigenvalue weighted by molar-refractivity contribution is 6.30. The van der Waals surface area contributed by atoms with Gasteiger partial charge in [0.2, 0.25) is 5.96 Å². The Morgan fingerprint density at radius 1 is 1.03 bits per heavy atom. The zero-order valence-electron chi connectivity index (χ0n) is 20.3. The van der Waals surface area contributed by atoms with Gasteiger partial charge in [-0.25, -0.2) is 4.99 Å². The average molecular weight is 512 g/mol. The van der Waals surface area contributed by atoms with Crippen LogP contribution < -0.4 is 10.1 Å². The van der Waals surface area contributed by atoms with Crippen LogP contribution >= 0.6 is 11.6 Å². The molecule has 0 bridgehead atoms. The summed E-state index contributed by atoms with van der Waals surface area (Å²) in [5.74, 6) is 1.36. The summed E-state index contributed by atoms with van der Waals surface area (Å²) in [4.78, 5) is 11.7. The predicted octanol–water partition coefficient (Wildman–Crippen LogP) is 5.36. The first-order valence-corrected chi connectivity index (χ1v) is 12.8. The van der Waals surface area contributed by atoms with Gasteiger partial charge < -0.3 is 14.4 Å². The van der Waals surface area contributed by atoms with Crippen molar-refractivity contribution in [3.63, 3.8) is 0 Å². The molecule has 0 unspecified atom stereocenters. The normalized spacial score (nSPS) is 17.1. The molecule has 0 atom stereocenters. The minimum absolute atomic E-state index is 0.264. The van der Waals surface area contributed by atoms with Crippen LogP contribution in [0.2, 0.25) is 5.02 Å². The van der Waals surface area contributed by atoms with Gasteiger partial charge in [-0.1, -0.05) is 29.3 Å². The molecule has 186 valence electrons. The molecule has 0 radical (unpaired) electrons. The summed E-state index contributed by atoms with van der Waals surface area (Å²) >= 11 is 6.37. The number of hydrogen-bond acceptors (Lipinski definition) is 5. The third-order valence-electron chi connectivity index (χ3n) is 7.15. The lowest BCUT2D eigenvalue weighted by molar-refractivity contribution is -0.0163. The smallest absolute Gasteiger partial charge is 0.212 e. The minimum atomic E-state index is 0.264. The van der Waals surface area contributed by atoms with Gasteiger partial charge in [0.1, 0.15) is 5.75 Å². The van der Waals surface area contributed by atoms with E-state index in [1.165, 1.54) is 27.8 Å². The number of aliphatic imine (C=N–C) groups is 1. The fourth-order valence-electron chi connectivity index (χ4n) is 5.37. The third kappa shape index (κ3) is 4.78. The van der Waals surface area contributed by atoms with E-state index in [-0.39, 0.29) is 6.79 Å². The van der Waals surface area contributed by atoms with Gasteiger partial charge in [0.25, 0.3) is 0 Å². The number of hydrogen-bond donors (Lipinski definition) is 1. The number of piperidine rings is 1. The van der Waals surface area contributed by atoms with Crippen molar-refractivity contribution in [1.29, 1.82) is 5.26 Å². The Kier molecular flexibility index (Phi) is 6.52. The Bertz CT molecular complexity index is 1450. The Morgan fingerprint density at radius 3 is 2.76 bits per heavy atom. The summed E-state index contributed by atoms with van der Waals surface area (Å²) in [5.41, 5.74) is 9.16. The largest absolute Gasteiger partial charge is 0.467 e. The predicted molar refractivity (Wildman–Crippen MR) is 142 cm³/mol. The number of aromatic nitrogens is 1. The molecule has 1 N–H and O–H groups in total. The maximum Gasteiger partial charge on any atom is 0.212 e. The highest BCUT2D eigenvalue weighted by atomic mass is 35.5. The molecule has 0 saturated carbocycles. The van der Waals surface area contributed by atoms with Crippen molar-refractivity contribution in [3.8, 4) is 11.9 Å². The van der Waals surface area contributed by atoms with E-state index in [1.54, 1.807) is 0 Å². The van der Waals surface area contributed by atoms with E-state index < -0.39 is 0 Å². The lowest BCUT2D eigenvalue weighted by atomic mass is 9.88. The number of nitriles is 1. The Hall–Kier alpha value is -3.86. The van der Waals surface area contributed by atoms with Gasteiger partial charge in [-0.2, -0.15) is 5.26 Å². The number of nitrogens with zero attached hydrogens (tertiary/aromatic N) is 4. The maximum absolute atomic E-state index is 9.43. The van der Waals surface area contributed by atoms with E-state index >= 15 is 0 Å². The van der Waals surface area contributed by atoms with Crippen LogP contribution in [0.15, 0.2) is 65.3 Å². The Labute approximate surface area is 221 Å². The summed E-state index contributed by atoms with van der Waals surface area (Å²) in [6.45, 7) is 2.24. The van der Waals surface area contributed by atoms with E-state index in [2.05, 4.69) is 34.6 Å². The van der Waals surface area contributed by atoms with Gasteiger partial charge in [0.05, 0.1) is 18.0 Å². The Balaban J connectivity index is 1.31. The molecule has 3 aromatic rings. The van der Waals surface area contributed by atoms with Crippen molar-refractivity contribution in [2.24, 2.45) is 4.99 Å². The fraction of sp³-hybridized carbons (Fsp3) is 0.276. The Morgan fingerprint density at radius 2 is 1.89 bits per heavy atom. The minimum Gasteiger partial charge on any atom is -0.467 e. The van der Waals surface area contributed by atoms with E-state index in [0.717, 1.165) is 66.5 Å². The third-order valence-corrected chi connectivity index (χ3v) is 7.39. The summed E-state index contributed by atoms with van der Waals surface area (Å²) in [7, 11) is 0. The van der Waals surface area contributed by atoms with E-state index in [9.17, 15) is 5.26 Å². The molecule has 3 aliphatic rings. The van der Waals surface area contributed by atoms with Gasteiger partial charge in [0, 0.05) is 35.4 Å². The van der Waals surface area contributed by atoms with Gasteiger partial charge >= 0.3 is 0 Å². The standard InChI is InChI=1S/C29H26ClN5O2/c30-23-5-7-25-21(14-23)4-3-20-2-1-11-32-28(20)27(25)19-9-12-35(13-10-19)29(33-17-31)34-24-6-8-26-22(15-24)16-36-18-37-26/h1-2,5-8,11,14-15H,3-4,9-10,12-13,16,18H2,(H,33,34). The van der Waals surface area contributed by atoms with E-state index in [1.807, 2.05) is 36.5 Å². The number of rotatable bonds is 1. The second kappa shape index (κ2) is 10.3. The van der Waals surface area contributed by atoms with Crippen LogP contribution in [-0.4, -0.2) is 35.7 Å². The number of aryl methyl sites for hydroxylation is 2. The highest BCUT2D eigenvalue weighted by Crippen LogP contribution is 2.38. The van der Waals surface area contributed by atoms with Crippen molar-refractivity contribution in [3.05, 3.63) is 93.3 Å². The molecule has 1 fully saturated rings. The van der Waals surface area contributed by atoms with Gasteiger partial charge in [-0.3, -0.25) is 10.3 Å². The number of guanidine groups is 1. The van der Waals surface area contributed by atoms with Crippen molar-refractivity contribution < 1.29 is 9.47 Å². The van der Waals surface area contributed by atoms with Crippen LogP contribution in [0.1, 0.15) is 40.8 Å². The van der Waals surface area contributed by atoms with Gasteiger partial charge in [0.15, 0.2) is 13.0 Å². The summed E-state index contributed by atoms with van der Waals surface area (Å²) in [6, 6.07) is 16.2. The topological polar surface area (TPSA) is 82.8 Å². The molecule has 7 nitrogen and oxygen atoms in total. The number of pyridine rings is 1. The quantitative estimate of drug-likeness (QED) is 0.205. The first-order valence-electron chi connectivity index (χ1n) is 12.5. The molecule has 37 heavy (non-hydrogen) atoms. The van der Waals surface area contributed by atoms with Crippen LogP contribution in [-0.2, 0) is 24.2 Å². The monoisotopic (exact) mass is 511 g/mol. The lowest BCUT2D eigenvalue weighted by Crippen LogP contribution is -2.42. The molecule has 2 aliphatic heterocycles. The second-order valence-electron chi connectivity index (χ2n) is 9.35. The molecule has 3 heterocycles. The fourth-order valence-corrected chi connectivity index (χ4v) is 5.56. The van der Waals surface area contributed by atoms with Crippen molar-refractivity contribution in [2.45, 2.75) is 32.3 Å². The van der Waals surface area contributed by atoms with Crippen LogP contribution in [0.4, 0.5) is 5.69 Å². The summed E-state index contributed by atoms with van der Waals surface area (Å²) in [5, 5.41) is 13.0. The molecular weight excluding hydrogens is 486 g/mol. The first kappa shape index (κ1) is 23.5. The highest BCUT2D eigenvalue weighted by Gasteiger charge is 2.26. The zero-order valence-corrected chi connectivity index (χ0v) is 21.1. The molecule has 1 aromatic heterocycles. The molecule has 0 spiro atoms. The second-order valence-corrected chi connectivity index (χ2v) is 9.79. The number of halogens is 1. The van der Waals surface area contributed by atoms with Gasteiger partial charge in [-0.05, 0) is 78.8 Å². The summed E-state index contributed by atoms with van der Waals surface area (Å²) in [6.07, 6.45) is 7.53. The maximum atomic E-state index is 9.43. The first-order chi connectivity index (χ1) is 18.2. The van der Waals surface area contributed by atoms with Gasteiger partial charge in [-0.15, -0.1) is 0 Å². The number of benzene rings is 2. The zero-order chi connectivity index (χ0) is 25.2. The van der Waals surface area contributed by atoms with Crippen molar-refractivity contribution in [1.82, 2.24) is 15.2 Å². The molecular formula is C29H26ClN5O2. The SMILES string of the molecule is N#CNC(=Nc1ccc2c(c1)COCO2)N1CCC(=C2c3ccc(Cl)cc3CCc3cccnc32)CC1. The van der Waals surface area contributed by atoms with Crippen molar-refractivity contribution >= 4 is 28.8 Å². The molecule has 1 aliphatic carbocycles. The summed E-state index contributed by atoms with van der Waals surface area (Å²) < 4.78 is 10.9. The molecule has 1 saturated heterocycles. The average Bonchev–Trinajstić information content (AvgIpc) is 3.09. The number of likely N-dealkylation sites (tertiary alicyclic amines) is 1. The number of nitrogens with one attached hydrogen (secondary N) is 1. The number of ether oxygens (including phenoxy) is 2. The molecule has 6 rings (SSSR count). The molecule has 8 heteroatoms. The van der Waals surface area contributed by atoms with E-state index in [4.69, 9.17) is 31.1 Å². The lowest BCUT2D eigenvalue weighted by Gasteiger charge is -2.32. The molecule has 2 aromatic carbocycles. The number of fused-ring (bicyclic) bond motifs is 3. The molecule has 0 amide bonds. The van der Waals surface area contributed by atoms with Crippen molar-refractivity contribution in [2.75, 3.05) is 19.9 Å². The van der Waals surface area contributed by atoms with Crippen LogP contribution in [0.3, 0.4) is 0 Å². The van der Waals surface area contributed by atoms with Crippen LogP contribution in [0.5, 0.6) is 5.75 Å².